The van der Waals surface area contributed by atoms with E-state index >= 15 is 0 Å². The van der Waals surface area contributed by atoms with Crippen LogP contribution in [0.1, 0.15) is 22.3 Å². The third-order valence-electron chi connectivity index (χ3n) is 4.77. The van der Waals surface area contributed by atoms with Gasteiger partial charge in [-0.05, 0) is 47.5 Å². The lowest BCUT2D eigenvalue weighted by atomic mass is 9.95. The van der Waals surface area contributed by atoms with Gasteiger partial charge in [-0.25, -0.2) is 8.42 Å². The molecule has 0 radical (unpaired) electrons. The maximum Gasteiger partial charge on any atom is 0.215 e. The lowest BCUT2D eigenvalue weighted by Crippen LogP contribution is -2.42. The van der Waals surface area contributed by atoms with Gasteiger partial charge in [0.2, 0.25) is 10.0 Å². The van der Waals surface area contributed by atoms with Crippen LogP contribution in [-0.2, 0) is 14.8 Å². The van der Waals surface area contributed by atoms with E-state index in [9.17, 15) is 13.2 Å². The van der Waals surface area contributed by atoms with Gasteiger partial charge in [-0.3, -0.25) is 4.79 Å². The van der Waals surface area contributed by atoms with Crippen molar-refractivity contribution in [2.45, 2.75) is 0 Å². The zero-order chi connectivity index (χ0) is 22.4. The number of halogens is 1. The number of Topliss-reactive ketones (excluding diaryl/α,β-unsaturated/α-hetero) is 1. The number of rotatable bonds is 5. The maximum atomic E-state index is 13.1. The molecule has 0 saturated carbocycles. The minimum absolute atomic E-state index is 0.0455. The summed E-state index contributed by atoms with van der Waals surface area (Å²) in [5.41, 5.74) is 3.02. The Labute approximate surface area is 186 Å². The second-order valence-corrected chi connectivity index (χ2v) is 9.38. The van der Waals surface area contributed by atoms with Crippen molar-refractivity contribution in [1.29, 1.82) is 10.5 Å². The monoisotopic (exact) mass is 451 g/mol. The van der Waals surface area contributed by atoms with E-state index in [4.69, 9.17) is 22.1 Å². The Bertz CT molecular complexity index is 1150. The summed E-state index contributed by atoms with van der Waals surface area (Å²) in [6.07, 6.45) is 3.27. The zero-order valence-corrected chi connectivity index (χ0v) is 18.0. The molecule has 1 fully saturated rings. The Morgan fingerprint density at radius 2 is 1.29 bits per heavy atom. The van der Waals surface area contributed by atoms with Gasteiger partial charge in [0.05, 0.1) is 29.0 Å². The van der Waals surface area contributed by atoms with Crippen molar-refractivity contribution in [1.82, 2.24) is 4.31 Å². The molecule has 0 aliphatic carbocycles. The number of carbonyl (C=O) groups excluding carboxylic acids is 1. The number of sulfonamides is 1. The van der Waals surface area contributed by atoms with E-state index in [-0.39, 0.29) is 30.5 Å². The normalized spacial score (nSPS) is 17.5. The lowest BCUT2D eigenvalue weighted by molar-refractivity contribution is -0.113. The van der Waals surface area contributed by atoms with Crippen LogP contribution in [0.15, 0.2) is 59.7 Å². The minimum Gasteiger partial charge on any atom is -0.289 e. The van der Waals surface area contributed by atoms with E-state index in [2.05, 4.69) is 0 Å². The predicted octanol–water partition coefficient (Wildman–Crippen LogP) is 3.35. The molecule has 1 aliphatic heterocycles. The van der Waals surface area contributed by atoms with Crippen molar-refractivity contribution in [3.8, 4) is 12.1 Å². The first-order chi connectivity index (χ1) is 14.9. The minimum atomic E-state index is -3.65. The van der Waals surface area contributed by atoms with E-state index in [1.54, 1.807) is 60.7 Å². The van der Waals surface area contributed by atoms with E-state index < -0.39 is 10.0 Å². The fourth-order valence-corrected chi connectivity index (χ4v) is 4.85. The van der Waals surface area contributed by atoms with Gasteiger partial charge in [0.15, 0.2) is 5.78 Å². The fourth-order valence-electron chi connectivity index (χ4n) is 3.14. The SMILES string of the molecule is N#Cc1ccc(/C=C2/CN(S(=O)(=O)CCCl)C/C(=C\c3ccc(C#N)cc3)C2=O)cc1. The second kappa shape index (κ2) is 9.72. The molecule has 0 spiro atoms. The van der Waals surface area contributed by atoms with Crippen molar-refractivity contribution < 1.29 is 13.2 Å². The predicted molar refractivity (Wildman–Crippen MR) is 119 cm³/mol. The van der Waals surface area contributed by atoms with E-state index in [0.717, 1.165) is 0 Å². The molecule has 1 aliphatic rings. The molecule has 31 heavy (non-hydrogen) atoms. The maximum absolute atomic E-state index is 13.1. The molecule has 3 rings (SSSR count). The highest BCUT2D eigenvalue weighted by atomic mass is 35.5. The Hall–Kier alpha value is -3.23. The Morgan fingerprint density at radius 3 is 1.65 bits per heavy atom. The molecule has 156 valence electrons. The molecule has 2 aromatic carbocycles. The van der Waals surface area contributed by atoms with Gasteiger partial charge >= 0.3 is 0 Å². The third-order valence-corrected chi connectivity index (χ3v) is 6.94. The van der Waals surface area contributed by atoms with Crippen LogP contribution in [0.2, 0.25) is 0 Å². The summed E-state index contributed by atoms with van der Waals surface area (Å²) >= 11 is 5.67. The second-order valence-electron chi connectivity index (χ2n) is 6.91. The standard InChI is InChI=1S/C23H18ClN3O3S/c24-9-10-31(29,30)27-15-21(11-17-1-5-19(13-25)6-2-17)23(28)22(16-27)12-18-3-7-20(14-26)8-4-18/h1-8,11-12H,9-10,15-16H2/b21-11-,22-12+. The van der Waals surface area contributed by atoms with E-state index in [1.807, 2.05) is 12.1 Å². The quantitative estimate of drug-likeness (QED) is 0.512. The van der Waals surface area contributed by atoms with Crippen LogP contribution < -0.4 is 0 Å². The lowest BCUT2D eigenvalue weighted by Gasteiger charge is -2.29. The third kappa shape index (κ3) is 5.48. The van der Waals surface area contributed by atoms with Crippen LogP contribution in [0, 0.1) is 22.7 Å². The molecule has 2 aromatic rings. The van der Waals surface area contributed by atoms with Gasteiger partial charge in [-0.1, -0.05) is 24.3 Å². The van der Waals surface area contributed by atoms with Gasteiger partial charge in [-0.2, -0.15) is 14.8 Å². The Morgan fingerprint density at radius 1 is 0.871 bits per heavy atom. The molecule has 0 amide bonds. The number of hydrogen-bond acceptors (Lipinski definition) is 5. The first-order valence-corrected chi connectivity index (χ1v) is 11.5. The first-order valence-electron chi connectivity index (χ1n) is 9.36. The van der Waals surface area contributed by atoms with E-state index in [0.29, 0.717) is 33.4 Å². The molecule has 0 bridgehead atoms. The van der Waals surface area contributed by atoms with Crippen LogP contribution >= 0.6 is 11.6 Å². The molecule has 6 nitrogen and oxygen atoms in total. The molecule has 8 heteroatoms. The number of carbonyl (C=O) groups is 1. The Balaban J connectivity index is 2.02. The smallest absolute Gasteiger partial charge is 0.215 e. The highest BCUT2D eigenvalue weighted by Crippen LogP contribution is 2.24. The summed E-state index contributed by atoms with van der Waals surface area (Å²) in [6.45, 7) is -0.106. The average molecular weight is 452 g/mol. The molecular weight excluding hydrogens is 434 g/mol. The molecule has 0 aromatic heterocycles. The van der Waals surface area contributed by atoms with Gasteiger partial charge in [0.1, 0.15) is 0 Å². The van der Waals surface area contributed by atoms with Crippen molar-refractivity contribution in [3.05, 3.63) is 81.9 Å². The zero-order valence-electron chi connectivity index (χ0n) is 16.5. The number of hydrogen-bond donors (Lipinski definition) is 0. The summed E-state index contributed by atoms with van der Waals surface area (Å²) in [5, 5.41) is 17.9. The summed E-state index contributed by atoms with van der Waals surface area (Å²) in [7, 11) is -3.65. The number of nitriles is 2. The van der Waals surface area contributed by atoms with Crippen LogP contribution in [0.25, 0.3) is 12.2 Å². The first kappa shape index (κ1) is 22.5. The van der Waals surface area contributed by atoms with Crippen LogP contribution in [-0.4, -0.2) is 43.2 Å². The topological polar surface area (TPSA) is 102 Å². The largest absolute Gasteiger partial charge is 0.289 e. The van der Waals surface area contributed by atoms with Crippen molar-refractivity contribution in [3.63, 3.8) is 0 Å². The van der Waals surface area contributed by atoms with Crippen molar-refractivity contribution in [2.75, 3.05) is 24.7 Å². The van der Waals surface area contributed by atoms with Gasteiger partial charge < -0.3 is 0 Å². The molecule has 1 saturated heterocycles. The number of ketones is 1. The summed E-state index contributed by atoms with van der Waals surface area (Å²) < 4.78 is 26.6. The number of nitrogens with zero attached hydrogens (tertiary/aromatic N) is 3. The Kier molecular flexibility index (Phi) is 7.04. The van der Waals surface area contributed by atoms with Gasteiger partial charge in [0, 0.05) is 30.1 Å². The van der Waals surface area contributed by atoms with Gasteiger partial charge in [-0.15, -0.1) is 11.6 Å². The van der Waals surface area contributed by atoms with Crippen LogP contribution in [0.3, 0.4) is 0 Å². The van der Waals surface area contributed by atoms with Crippen molar-refractivity contribution >= 4 is 39.6 Å². The fraction of sp³-hybridized carbons (Fsp3) is 0.174. The summed E-state index contributed by atoms with van der Waals surface area (Å²) in [6, 6.07) is 17.4. The van der Waals surface area contributed by atoms with Gasteiger partial charge in [0.25, 0.3) is 0 Å². The molecule has 1 heterocycles. The van der Waals surface area contributed by atoms with Crippen LogP contribution in [0.5, 0.6) is 0 Å². The molecule has 0 atom stereocenters. The van der Waals surface area contributed by atoms with Crippen LogP contribution in [0.4, 0.5) is 0 Å². The summed E-state index contributed by atoms with van der Waals surface area (Å²) in [4.78, 5) is 13.1. The van der Waals surface area contributed by atoms with E-state index in [1.165, 1.54) is 4.31 Å². The summed E-state index contributed by atoms with van der Waals surface area (Å²) in [5.74, 6) is -0.515. The highest BCUT2D eigenvalue weighted by Gasteiger charge is 2.32. The molecule has 0 unspecified atom stereocenters. The number of benzene rings is 2. The number of alkyl halides is 1. The van der Waals surface area contributed by atoms with Crippen molar-refractivity contribution in [2.24, 2.45) is 0 Å². The molecule has 0 N–H and O–H groups in total. The molecular formula is C23H18ClN3O3S. The number of piperidine rings is 1. The average Bonchev–Trinajstić information content (AvgIpc) is 2.77. The highest BCUT2D eigenvalue weighted by molar-refractivity contribution is 7.89.